The van der Waals surface area contributed by atoms with E-state index in [0.717, 1.165) is 0 Å². The zero-order valence-corrected chi connectivity index (χ0v) is 19.7. The van der Waals surface area contributed by atoms with Crippen molar-refractivity contribution >= 4 is 57.5 Å². The first-order valence-corrected chi connectivity index (χ1v) is 11.0. The zero-order chi connectivity index (χ0) is 22.7. The molecule has 1 aromatic carbocycles. The summed E-state index contributed by atoms with van der Waals surface area (Å²) in [6.45, 7) is 6.67. The average Bonchev–Trinajstić information content (AvgIpc) is 3.26. The molecule has 3 heterocycles. The maximum absolute atomic E-state index is 12.7. The molecule has 0 radical (unpaired) electrons. The predicted molar refractivity (Wildman–Crippen MR) is 116 cm³/mol. The number of Topliss-reactive ketones (excluding diaryl/α,β-unsaturated/α-hetero) is 1. The molecule has 0 unspecified atom stereocenters. The third-order valence-electron chi connectivity index (χ3n) is 5.42. The van der Waals surface area contributed by atoms with E-state index in [2.05, 4.69) is 0 Å². The number of fused-ring (bicyclic) bond motifs is 2. The number of carbonyl (C=O) groups is 2. The van der Waals surface area contributed by atoms with E-state index in [9.17, 15) is 9.59 Å². The normalized spacial score (nSPS) is 26.9. The second-order valence-electron chi connectivity index (χ2n) is 8.03. The monoisotopic (exact) mass is 489 g/mol. The van der Waals surface area contributed by atoms with Crippen molar-refractivity contribution in [2.45, 2.75) is 64.4 Å². The van der Waals surface area contributed by atoms with Crippen molar-refractivity contribution in [3.63, 3.8) is 0 Å². The maximum atomic E-state index is 12.7. The molecular formula is C21H22Cl3NO6. The summed E-state index contributed by atoms with van der Waals surface area (Å²) in [6.07, 6.45) is -2.11. The Bertz CT molecular complexity index is 1070. The number of benzene rings is 1. The highest BCUT2D eigenvalue weighted by atomic mass is 35.5. The molecule has 0 spiro atoms. The van der Waals surface area contributed by atoms with Crippen LogP contribution in [0.15, 0.2) is 12.1 Å². The van der Waals surface area contributed by atoms with Gasteiger partial charge in [-0.1, -0.05) is 41.7 Å². The standard InChI is InChI=1S/C21H22Cl3NO6/c1-5-14(27)16-10-6-11(22)12(23)7-13(10)25(19(16)24)20-18-17(30-21(3,4)31-18)15(29-20)8-28-9(2)26/h6-7,15,17-18,20H,5,8H2,1-4H3/t15-,17-,18-,20-/m1/s1. The fraction of sp³-hybridized carbons (Fsp3) is 0.524. The summed E-state index contributed by atoms with van der Waals surface area (Å²) in [5.41, 5.74) is 0.931. The lowest BCUT2D eigenvalue weighted by Crippen LogP contribution is -2.33. The van der Waals surface area contributed by atoms with Crippen LogP contribution in [-0.4, -0.2) is 47.0 Å². The van der Waals surface area contributed by atoms with Gasteiger partial charge in [-0.25, -0.2) is 0 Å². The Hall–Kier alpha value is -1.35. The van der Waals surface area contributed by atoms with Gasteiger partial charge in [0.1, 0.15) is 30.1 Å². The van der Waals surface area contributed by atoms with Gasteiger partial charge in [0.25, 0.3) is 0 Å². The largest absolute Gasteiger partial charge is 0.463 e. The van der Waals surface area contributed by atoms with Crippen LogP contribution in [0, 0.1) is 0 Å². The fourth-order valence-electron chi connectivity index (χ4n) is 4.16. The van der Waals surface area contributed by atoms with Gasteiger partial charge in [-0.2, -0.15) is 0 Å². The SMILES string of the molecule is CCC(=O)c1c(Cl)n([C@@H]2O[C@H](COC(C)=O)[C@H]3OC(C)(C)O[C@H]32)c2cc(Cl)c(Cl)cc12. The molecule has 0 aliphatic carbocycles. The molecular weight excluding hydrogens is 469 g/mol. The lowest BCUT2D eigenvalue weighted by molar-refractivity contribution is -0.201. The summed E-state index contributed by atoms with van der Waals surface area (Å²) in [5, 5.41) is 1.40. The van der Waals surface area contributed by atoms with Crippen LogP contribution in [0.4, 0.5) is 0 Å². The molecule has 4 atom stereocenters. The second-order valence-corrected chi connectivity index (χ2v) is 9.20. The number of hydrogen-bond donors (Lipinski definition) is 0. The van der Waals surface area contributed by atoms with Crippen LogP contribution >= 0.6 is 34.8 Å². The number of nitrogens with zero attached hydrogens (tertiary/aromatic N) is 1. The molecule has 1 aromatic heterocycles. The minimum atomic E-state index is -0.871. The Morgan fingerprint density at radius 1 is 1.13 bits per heavy atom. The smallest absolute Gasteiger partial charge is 0.302 e. The van der Waals surface area contributed by atoms with Gasteiger partial charge in [-0.05, 0) is 26.0 Å². The van der Waals surface area contributed by atoms with Crippen molar-refractivity contribution in [3.8, 4) is 0 Å². The van der Waals surface area contributed by atoms with E-state index in [1.54, 1.807) is 37.5 Å². The number of hydrogen-bond acceptors (Lipinski definition) is 6. The van der Waals surface area contributed by atoms with Gasteiger partial charge in [-0.3, -0.25) is 9.59 Å². The molecule has 2 aliphatic rings. The highest BCUT2D eigenvalue weighted by Crippen LogP contribution is 2.47. The molecule has 168 valence electrons. The Morgan fingerprint density at radius 2 is 1.77 bits per heavy atom. The van der Waals surface area contributed by atoms with Crippen LogP contribution in [-0.2, 0) is 23.7 Å². The molecule has 0 bridgehead atoms. The van der Waals surface area contributed by atoms with Gasteiger partial charge in [0.2, 0.25) is 0 Å². The van der Waals surface area contributed by atoms with Gasteiger partial charge in [0, 0.05) is 18.7 Å². The Labute approximate surface area is 194 Å². The van der Waals surface area contributed by atoms with Gasteiger partial charge in [-0.15, -0.1) is 0 Å². The van der Waals surface area contributed by atoms with Gasteiger partial charge >= 0.3 is 5.97 Å². The van der Waals surface area contributed by atoms with Crippen molar-refractivity contribution in [2.24, 2.45) is 0 Å². The summed E-state index contributed by atoms with van der Waals surface area (Å²) in [6, 6.07) is 3.28. The summed E-state index contributed by atoms with van der Waals surface area (Å²) < 4.78 is 25.2. The lowest BCUT2D eigenvalue weighted by Gasteiger charge is -2.25. The van der Waals surface area contributed by atoms with Crippen molar-refractivity contribution in [1.82, 2.24) is 4.57 Å². The number of halogens is 3. The minimum Gasteiger partial charge on any atom is -0.463 e. The van der Waals surface area contributed by atoms with Crippen molar-refractivity contribution in [2.75, 3.05) is 6.61 Å². The number of aromatic nitrogens is 1. The zero-order valence-electron chi connectivity index (χ0n) is 17.4. The van der Waals surface area contributed by atoms with Crippen LogP contribution in [0.1, 0.15) is 50.7 Å². The second kappa shape index (κ2) is 8.21. The Balaban J connectivity index is 1.85. The molecule has 0 saturated carbocycles. The Morgan fingerprint density at radius 3 is 2.42 bits per heavy atom. The van der Waals surface area contributed by atoms with E-state index in [4.69, 9.17) is 53.8 Å². The first-order chi connectivity index (χ1) is 14.5. The molecule has 31 heavy (non-hydrogen) atoms. The summed E-state index contributed by atoms with van der Waals surface area (Å²) >= 11 is 19.3. The Kier molecular flexibility index (Phi) is 6.05. The van der Waals surface area contributed by atoms with E-state index >= 15 is 0 Å². The van der Waals surface area contributed by atoms with Crippen LogP contribution < -0.4 is 0 Å². The first kappa shape index (κ1) is 22.8. The predicted octanol–water partition coefficient (Wildman–Crippen LogP) is 5.17. The third kappa shape index (κ3) is 3.96. The molecule has 0 N–H and O–H groups in total. The van der Waals surface area contributed by atoms with Crippen LogP contribution in [0.25, 0.3) is 10.9 Å². The maximum Gasteiger partial charge on any atom is 0.302 e. The lowest BCUT2D eigenvalue weighted by atomic mass is 10.1. The van der Waals surface area contributed by atoms with Crippen LogP contribution in [0.3, 0.4) is 0 Å². The van der Waals surface area contributed by atoms with Gasteiger partial charge in [0.05, 0.1) is 21.1 Å². The molecule has 2 saturated heterocycles. The fourth-order valence-corrected chi connectivity index (χ4v) is 4.88. The first-order valence-electron chi connectivity index (χ1n) is 9.90. The third-order valence-corrected chi connectivity index (χ3v) is 6.51. The molecule has 2 aromatic rings. The van der Waals surface area contributed by atoms with Crippen LogP contribution in [0.2, 0.25) is 15.2 Å². The minimum absolute atomic E-state index is 0.00338. The molecule has 7 nitrogen and oxygen atoms in total. The van der Waals surface area contributed by atoms with Crippen molar-refractivity contribution in [3.05, 3.63) is 32.9 Å². The number of carbonyl (C=O) groups excluding carboxylic acids is 2. The van der Waals surface area contributed by atoms with Crippen LogP contribution in [0.5, 0.6) is 0 Å². The summed E-state index contributed by atoms with van der Waals surface area (Å²) in [5.74, 6) is -1.44. The highest BCUT2D eigenvalue weighted by Gasteiger charge is 2.56. The van der Waals surface area contributed by atoms with Crippen molar-refractivity contribution < 1.29 is 28.5 Å². The molecule has 10 heteroatoms. The average molecular weight is 491 g/mol. The van der Waals surface area contributed by atoms with Crippen molar-refractivity contribution in [1.29, 1.82) is 0 Å². The number of ketones is 1. The number of ether oxygens (including phenoxy) is 4. The van der Waals surface area contributed by atoms with E-state index < -0.39 is 36.3 Å². The highest BCUT2D eigenvalue weighted by molar-refractivity contribution is 6.43. The molecule has 0 amide bonds. The molecule has 4 rings (SSSR count). The summed E-state index contributed by atoms with van der Waals surface area (Å²) in [7, 11) is 0. The van der Waals surface area contributed by atoms with E-state index in [0.29, 0.717) is 26.5 Å². The number of rotatable bonds is 5. The van der Waals surface area contributed by atoms with E-state index in [1.165, 1.54) is 6.92 Å². The van der Waals surface area contributed by atoms with Gasteiger partial charge in [0.15, 0.2) is 17.8 Å². The van der Waals surface area contributed by atoms with Gasteiger partial charge < -0.3 is 23.5 Å². The number of esters is 1. The quantitative estimate of drug-likeness (QED) is 0.425. The van der Waals surface area contributed by atoms with E-state index in [-0.39, 0.29) is 24.0 Å². The van der Waals surface area contributed by atoms with E-state index in [1.807, 2.05) is 0 Å². The summed E-state index contributed by atoms with van der Waals surface area (Å²) in [4.78, 5) is 24.1. The molecule has 2 fully saturated rings. The topological polar surface area (TPSA) is 76.0 Å². The molecule has 2 aliphatic heterocycles.